The summed E-state index contributed by atoms with van der Waals surface area (Å²) in [6, 6.07) is 0. The Morgan fingerprint density at radius 3 is 1.50 bits per heavy atom. The van der Waals surface area contributed by atoms with Crippen LogP contribution in [0.3, 0.4) is 0 Å². The highest BCUT2D eigenvalue weighted by atomic mass is 31.2. The number of esters is 2. The van der Waals surface area contributed by atoms with Crippen molar-refractivity contribution in [2.45, 2.75) is 33.1 Å². The van der Waals surface area contributed by atoms with Crippen molar-refractivity contribution in [3.8, 4) is 0 Å². The zero-order valence-corrected chi connectivity index (χ0v) is 12.9. The maximum Gasteiger partial charge on any atom is 0.400 e. The summed E-state index contributed by atoms with van der Waals surface area (Å²) >= 11 is 0. The van der Waals surface area contributed by atoms with E-state index in [1.165, 1.54) is 27.7 Å². The molecule has 0 bridgehead atoms. The first kappa shape index (κ1) is 19.0. The Hall–Kier alpha value is -0.980. The Morgan fingerprint density at radius 2 is 1.25 bits per heavy atom. The van der Waals surface area contributed by atoms with Crippen LogP contribution >= 0.6 is 7.60 Å². The SMILES string of the molecule is CCOC(=O)C(F)(C(=O)OCC)P(=O)(OCC)OCC. The van der Waals surface area contributed by atoms with Crippen molar-refractivity contribution in [3.63, 3.8) is 0 Å². The van der Waals surface area contributed by atoms with Gasteiger partial charge in [0.2, 0.25) is 0 Å². The smallest absolute Gasteiger partial charge is 0.400 e. The topological polar surface area (TPSA) is 88.1 Å². The second-order valence-electron chi connectivity index (χ2n) is 3.40. The van der Waals surface area contributed by atoms with Gasteiger partial charge in [0.25, 0.3) is 0 Å². The molecule has 0 rings (SSSR count). The molecule has 0 aliphatic heterocycles. The third-order valence-corrected chi connectivity index (χ3v) is 4.38. The first-order valence-electron chi connectivity index (χ1n) is 6.26. The molecule has 0 aromatic carbocycles. The van der Waals surface area contributed by atoms with E-state index in [1.807, 2.05) is 0 Å². The van der Waals surface area contributed by atoms with Crippen molar-refractivity contribution in [2.24, 2.45) is 0 Å². The van der Waals surface area contributed by atoms with Crippen LogP contribution in [-0.4, -0.2) is 43.8 Å². The van der Waals surface area contributed by atoms with Crippen LogP contribution in [0.5, 0.6) is 0 Å². The van der Waals surface area contributed by atoms with E-state index >= 15 is 0 Å². The van der Waals surface area contributed by atoms with Gasteiger partial charge in [-0.3, -0.25) is 4.57 Å². The van der Waals surface area contributed by atoms with Crippen molar-refractivity contribution in [1.82, 2.24) is 0 Å². The fraction of sp³-hybridized carbons (Fsp3) is 0.818. The Labute approximate surface area is 117 Å². The Bertz CT molecular complexity index is 357. The molecular formula is C11H20FO7P. The van der Waals surface area contributed by atoms with Crippen LogP contribution < -0.4 is 0 Å². The standard InChI is InChI=1S/C11H20FO7P/c1-5-16-9(13)11(12,10(14)17-6-2)20(15,18-7-3)19-8-4/h5-8H2,1-4H3. The lowest BCUT2D eigenvalue weighted by molar-refractivity contribution is -0.168. The van der Waals surface area contributed by atoms with Gasteiger partial charge in [0.05, 0.1) is 26.4 Å². The van der Waals surface area contributed by atoms with Crippen LogP contribution in [0, 0.1) is 0 Å². The lowest BCUT2D eigenvalue weighted by Gasteiger charge is -2.28. The van der Waals surface area contributed by atoms with Crippen molar-refractivity contribution < 1.29 is 37.1 Å². The van der Waals surface area contributed by atoms with Crippen molar-refractivity contribution in [3.05, 3.63) is 0 Å². The summed E-state index contributed by atoms with van der Waals surface area (Å²) in [7, 11) is -4.73. The molecule has 20 heavy (non-hydrogen) atoms. The molecule has 0 aromatic heterocycles. The van der Waals surface area contributed by atoms with Crippen LogP contribution in [0.15, 0.2) is 0 Å². The van der Waals surface area contributed by atoms with Crippen LogP contribution in [-0.2, 0) is 32.7 Å². The summed E-state index contributed by atoms with van der Waals surface area (Å²) in [5.41, 5.74) is 0. The number of carbonyl (C=O) groups is 2. The molecule has 0 saturated carbocycles. The zero-order chi connectivity index (χ0) is 15.8. The highest BCUT2D eigenvalue weighted by Crippen LogP contribution is 2.61. The molecule has 0 radical (unpaired) electrons. The molecule has 0 N–H and O–H groups in total. The summed E-state index contributed by atoms with van der Waals surface area (Å²) in [5, 5.41) is -3.63. The predicted molar refractivity (Wildman–Crippen MR) is 68.0 cm³/mol. The van der Waals surface area contributed by atoms with Gasteiger partial charge in [0.15, 0.2) is 0 Å². The van der Waals surface area contributed by atoms with Gasteiger partial charge in [0.1, 0.15) is 0 Å². The minimum absolute atomic E-state index is 0.206. The predicted octanol–water partition coefficient (Wildman–Crippen LogP) is 2.04. The van der Waals surface area contributed by atoms with E-state index in [0.717, 1.165) is 0 Å². The molecule has 7 nitrogen and oxygen atoms in total. The third-order valence-electron chi connectivity index (χ3n) is 2.07. The fourth-order valence-corrected chi connectivity index (χ4v) is 3.00. The van der Waals surface area contributed by atoms with Gasteiger partial charge in [-0.25, -0.2) is 14.0 Å². The molecule has 0 saturated heterocycles. The van der Waals surface area contributed by atoms with Gasteiger partial charge in [0, 0.05) is 0 Å². The summed E-state index contributed by atoms with van der Waals surface area (Å²) in [5.74, 6) is -3.30. The molecule has 0 spiro atoms. The van der Waals surface area contributed by atoms with Gasteiger partial charge in [-0.05, 0) is 27.7 Å². The average molecular weight is 314 g/mol. The number of ether oxygens (including phenoxy) is 2. The second kappa shape index (κ2) is 8.34. The summed E-state index contributed by atoms with van der Waals surface area (Å²) < 4.78 is 45.7. The third kappa shape index (κ3) is 3.77. The van der Waals surface area contributed by atoms with Crippen LogP contribution in [0.4, 0.5) is 4.39 Å². The van der Waals surface area contributed by atoms with E-state index in [1.54, 1.807) is 0 Å². The zero-order valence-electron chi connectivity index (χ0n) is 12.0. The van der Waals surface area contributed by atoms with E-state index in [2.05, 4.69) is 9.47 Å². The average Bonchev–Trinajstić information content (AvgIpc) is 2.38. The molecule has 9 heteroatoms. The number of carbonyl (C=O) groups excluding carboxylic acids is 2. The van der Waals surface area contributed by atoms with Crippen molar-refractivity contribution >= 4 is 19.5 Å². The molecule has 0 atom stereocenters. The summed E-state index contributed by atoms with van der Waals surface area (Å²) in [6.07, 6.45) is 0. The normalized spacial score (nSPS) is 12.1. The number of halogens is 1. The molecule has 0 amide bonds. The van der Waals surface area contributed by atoms with Crippen molar-refractivity contribution in [1.29, 1.82) is 0 Å². The number of hydrogen-bond acceptors (Lipinski definition) is 7. The molecular weight excluding hydrogens is 294 g/mol. The highest BCUT2D eigenvalue weighted by molar-refractivity contribution is 7.57. The van der Waals surface area contributed by atoms with Gasteiger partial charge in [-0.2, -0.15) is 0 Å². The first-order chi connectivity index (χ1) is 9.33. The lowest BCUT2D eigenvalue weighted by atomic mass is 10.4. The minimum atomic E-state index is -4.73. The monoisotopic (exact) mass is 314 g/mol. The fourth-order valence-electron chi connectivity index (χ4n) is 1.32. The largest absolute Gasteiger partial charge is 0.463 e. The summed E-state index contributed by atoms with van der Waals surface area (Å²) in [6.45, 7) is 4.81. The Balaban J connectivity index is 5.75. The van der Waals surface area contributed by atoms with Gasteiger partial charge >= 0.3 is 24.9 Å². The van der Waals surface area contributed by atoms with E-state index in [-0.39, 0.29) is 26.4 Å². The van der Waals surface area contributed by atoms with E-state index < -0.39 is 24.9 Å². The maximum atomic E-state index is 14.9. The summed E-state index contributed by atoms with van der Waals surface area (Å²) in [4.78, 5) is 23.5. The maximum absolute atomic E-state index is 14.9. The minimum Gasteiger partial charge on any atom is -0.463 e. The molecule has 0 aromatic rings. The van der Waals surface area contributed by atoms with E-state index in [0.29, 0.717) is 0 Å². The molecule has 118 valence electrons. The Morgan fingerprint density at radius 1 is 0.900 bits per heavy atom. The molecule has 0 aliphatic rings. The van der Waals surface area contributed by atoms with Gasteiger partial charge in [-0.1, -0.05) is 0 Å². The Kier molecular flexibility index (Phi) is 7.93. The van der Waals surface area contributed by atoms with Gasteiger partial charge in [-0.15, -0.1) is 0 Å². The molecule has 0 heterocycles. The van der Waals surface area contributed by atoms with Crippen LogP contribution in [0.25, 0.3) is 0 Å². The molecule has 0 unspecified atom stereocenters. The van der Waals surface area contributed by atoms with Crippen LogP contribution in [0.1, 0.15) is 27.7 Å². The molecule has 0 aliphatic carbocycles. The number of hydrogen-bond donors (Lipinski definition) is 0. The first-order valence-corrected chi connectivity index (χ1v) is 7.80. The van der Waals surface area contributed by atoms with E-state index in [4.69, 9.17) is 9.05 Å². The number of alkyl halides is 1. The van der Waals surface area contributed by atoms with Gasteiger partial charge < -0.3 is 18.5 Å². The molecule has 0 fully saturated rings. The highest BCUT2D eigenvalue weighted by Gasteiger charge is 2.67. The quantitative estimate of drug-likeness (QED) is 0.365. The van der Waals surface area contributed by atoms with Crippen molar-refractivity contribution in [2.75, 3.05) is 26.4 Å². The van der Waals surface area contributed by atoms with Crippen LogP contribution in [0.2, 0.25) is 0 Å². The number of rotatable bonds is 9. The second-order valence-corrected chi connectivity index (χ2v) is 5.52. The van der Waals surface area contributed by atoms with E-state index in [9.17, 15) is 18.5 Å². The lowest BCUT2D eigenvalue weighted by Crippen LogP contribution is -2.45.